The maximum atomic E-state index is 11.9. The Bertz CT molecular complexity index is 507. The first-order valence-electron chi connectivity index (χ1n) is 6.78. The van der Waals surface area contributed by atoms with Gasteiger partial charge in [0.25, 0.3) is 0 Å². The molecule has 0 saturated heterocycles. The Labute approximate surface area is 124 Å². The molecule has 0 radical (unpaired) electrons. The third-order valence-electron chi connectivity index (χ3n) is 3.31. The van der Waals surface area contributed by atoms with Crippen molar-refractivity contribution in [1.29, 1.82) is 0 Å². The summed E-state index contributed by atoms with van der Waals surface area (Å²) in [6, 6.07) is 4.81. The molecule has 1 aliphatic rings. The second kappa shape index (κ2) is 7.20. The van der Waals surface area contributed by atoms with E-state index in [4.69, 9.17) is 16.3 Å². The number of rotatable bonds is 3. The standard InChI is InChI=1S/C15H19ClN2O2/c1-20-14-8-7-12(16)9-13(14)18-15(19)17-10-11-5-3-2-4-6-11/h7-10H,2-6H2,1H3,(H2,17,18,19). The minimum Gasteiger partial charge on any atom is -0.495 e. The third kappa shape index (κ3) is 4.17. The van der Waals surface area contributed by atoms with Crippen LogP contribution in [0.15, 0.2) is 30.0 Å². The minimum absolute atomic E-state index is 0.288. The van der Waals surface area contributed by atoms with Crippen molar-refractivity contribution in [2.45, 2.75) is 32.1 Å². The van der Waals surface area contributed by atoms with Gasteiger partial charge in [0.2, 0.25) is 0 Å². The van der Waals surface area contributed by atoms with Crippen molar-refractivity contribution < 1.29 is 9.53 Å². The largest absolute Gasteiger partial charge is 0.495 e. The molecule has 4 nitrogen and oxygen atoms in total. The van der Waals surface area contributed by atoms with Gasteiger partial charge < -0.3 is 15.4 Å². The van der Waals surface area contributed by atoms with E-state index in [0.29, 0.717) is 16.5 Å². The van der Waals surface area contributed by atoms with Gasteiger partial charge >= 0.3 is 6.03 Å². The molecule has 20 heavy (non-hydrogen) atoms. The highest BCUT2D eigenvalue weighted by Gasteiger charge is 2.09. The van der Waals surface area contributed by atoms with Gasteiger partial charge in [0, 0.05) is 11.2 Å². The average Bonchev–Trinajstić information content (AvgIpc) is 2.46. The molecular weight excluding hydrogens is 276 g/mol. The van der Waals surface area contributed by atoms with Gasteiger partial charge in [-0.1, -0.05) is 23.6 Å². The average molecular weight is 295 g/mol. The first-order chi connectivity index (χ1) is 9.69. The molecule has 1 aromatic rings. The maximum absolute atomic E-state index is 11.9. The lowest BCUT2D eigenvalue weighted by atomic mass is 9.96. The van der Waals surface area contributed by atoms with Crippen molar-refractivity contribution in [2.75, 3.05) is 12.4 Å². The van der Waals surface area contributed by atoms with Crippen molar-refractivity contribution in [1.82, 2.24) is 5.32 Å². The van der Waals surface area contributed by atoms with Crippen molar-refractivity contribution in [3.05, 3.63) is 35.0 Å². The minimum atomic E-state index is -0.288. The van der Waals surface area contributed by atoms with Crippen LogP contribution in [0.2, 0.25) is 5.02 Å². The molecule has 2 amide bonds. The number of ether oxygens (including phenoxy) is 1. The molecule has 0 aromatic heterocycles. The number of halogens is 1. The molecule has 1 aromatic carbocycles. The Morgan fingerprint density at radius 2 is 2.05 bits per heavy atom. The molecule has 1 aliphatic carbocycles. The van der Waals surface area contributed by atoms with Gasteiger partial charge in [-0.25, -0.2) is 4.79 Å². The fraction of sp³-hybridized carbons (Fsp3) is 0.400. The summed E-state index contributed by atoms with van der Waals surface area (Å²) in [5, 5.41) is 6.05. The van der Waals surface area contributed by atoms with Crippen LogP contribution < -0.4 is 15.4 Å². The van der Waals surface area contributed by atoms with Gasteiger partial charge in [-0.05, 0) is 43.9 Å². The Morgan fingerprint density at radius 1 is 1.30 bits per heavy atom. The lowest BCUT2D eigenvalue weighted by molar-refractivity contribution is 0.255. The van der Waals surface area contributed by atoms with E-state index in [1.807, 2.05) is 6.20 Å². The second-order valence-electron chi connectivity index (χ2n) is 4.81. The summed E-state index contributed by atoms with van der Waals surface area (Å²) >= 11 is 5.92. The molecule has 0 atom stereocenters. The third-order valence-corrected chi connectivity index (χ3v) is 3.55. The Morgan fingerprint density at radius 3 is 2.75 bits per heavy atom. The molecule has 0 unspecified atom stereocenters. The number of amides is 2. The highest BCUT2D eigenvalue weighted by molar-refractivity contribution is 6.31. The number of hydrogen-bond donors (Lipinski definition) is 2. The van der Waals surface area contributed by atoms with Crippen LogP contribution in [0, 0.1) is 0 Å². The van der Waals surface area contributed by atoms with E-state index >= 15 is 0 Å². The van der Waals surface area contributed by atoms with E-state index in [0.717, 1.165) is 12.8 Å². The van der Waals surface area contributed by atoms with E-state index < -0.39 is 0 Å². The summed E-state index contributed by atoms with van der Waals surface area (Å²) in [6.07, 6.45) is 7.64. The number of methoxy groups -OCH3 is 1. The van der Waals surface area contributed by atoms with Gasteiger partial charge in [-0.2, -0.15) is 0 Å². The van der Waals surface area contributed by atoms with Crippen LogP contribution in [0.4, 0.5) is 10.5 Å². The van der Waals surface area contributed by atoms with Crippen molar-refractivity contribution in [3.8, 4) is 5.75 Å². The molecule has 1 saturated carbocycles. The first kappa shape index (κ1) is 14.7. The van der Waals surface area contributed by atoms with Crippen LogP contribution in [0.1, 0.15) is 32.1 Å². The number of hydrogen-bond acceptors (Lipinski definition) is 2. The molecule has 2 rings (SSSR count). The molecule has 1 fully saturated rings. The number of carbonyl (C=O) groups excluding carboxylic acids is 1. The number of allylic oxidation sites excluding steroid dienone is 1. The van der Waals surface area contributed by atoms with Crippen LogP contribution in [-0.2, 0) is 0 Å². The fourth-order valence-corrected chi connectivity index (χ4v) is 2.43. The Balaban J connectivity index is 1.95. The lowest BCUT2D eigenvalue weighted by Gasteiger charge is -2.14. The molecule has 0 spiro atoms. The van der Waals surface area contributed by atoms with Gasteiger partial charge in [0.1, 0.15) is 5.75 Å². The number of nitrogens with one attached hydrogen (secondary N) is 2. The molecule has 108 valence electrons. The molecule has 0 heterocycles. The van der Waals surface area contributed by atoms with E-state index in [1.54, 1.807) is 25.3 Å². The summed E-state index contributed by atoms with van der Waals surface area (Å²) in [6.45, 7) is 0. The summed E-state index contributed by atoms with van der Waals surface area (Å²) < 4.78 is 5.18. The molecule has 0 aliphatic heterocycles. The van der Waals surface area contributed by atoms with Crippen molar-refractivity contribution in [3.63, 3.8) is 0 Å². The molecule has 5 heteroatoms. The van der Waals surface area contributed by atoms with Crippen LogP contribution in [0.5, 0.6) is 5.75 Å². The van der Waals surface area contributed by atoms with Crippen LogP contribution >= 0.6 is 11.6 Å². The Hall–Kier alpha value is -1.68. The highest BCUT2D eigenvalue weighted by Crippen LogP contribution is 2.27. The van der Waals surface area contributed by atoms with Crippen LogP contribution in [-0.4, -0.2) is 13.1 Å². The zero-order valence-electron chi connectivity index (χ0n) is 11.5. The summed E-state index contributed by atoms with van der Waals surface area (Å²) in [5.41, 5.74) is 1.85. The summed E-state index contributed by atoms with van der Waals surface area (Å²) in [5.74, 6) is 0.579. The van der Waals surface area contributed by atoms with Gasteiger partial charge in [0.05, 0.1) is 12.8 Å². The number of urea groups is 1. The van der Waals surface area contributed by atoms with Crippen LogP contribution in [0.25, 0.3) is 0 Å². The fourth-order valence-electron chi connectivity index (χ4n) is 2.25. The van der Waals surface area contributed by atoms with Gasteiger partial charge in [-0.3, -0.25) is 0 Å². The highest BCUT2D eigenvalue weighted by atomic mass is 35.5. The predicted molar refractivity (Wildman–Crippen MR) is 81.3 cm³/mol. The molecule has 2 N–H and O–H groups in total. The molecule has 0 bridgehead atoms. The normalized spacial score (nSPS) is 14.6. The maximum Gasteiger partial charge on any atom is 0.323 e. The van der Waals surface area contributed by atoms with E-state index in [1.165, 1.54) is 24.8 Å². The second-order valence-corrected chi connectivity index (χ2v) is 5.24. The SMILES string of the molecule is COc1ccc(Cl)cc1NC(=O)NC=C1CCCCC1. The van der Waals surface area contributed by atoms with E-state index in [9.17, 15) is 4.79 Å². The Kier molecular flexibility index (Phi) is 5.30. The van der Waals surface area contributed by atoms with Crippen LogP contribution in [0.3, 0.4) is 0 Å². The van der Waals surface area contributed by atoms with Crippen molar-refractivity contribution >= 4 is 23.3 Å². The quantitative estimate of drug-likeness (QED) is 0.872. The van der Waals surface area contributed by atoms with Gasteiger partial charge in [-0.15, -0.1) is 0 Å². The zero-order valence-corrected chi connectivity index (χ0v) is 12.3. The van der Waals surface area contributed by atoms with E-state index in [2.05, 4.69) is 10.6 Å². The van der Waals surface area contributed by atoms with Gasteiger partial charge in [0.15, 0.2) is 0 Å². The first-order valence-corrected chi connectivity index (χ1v) is 7.16. The molecular formula is C15H19ClN2O2. The van der Waals surface area contributed by atoms with Crippen molar-refractivity contribution in [2.24, 2.45) is 0 Å². The lowest BCUT2D eigenvalue weighted by Crippen LogP contribution is -2.24. The summed E-state index contributed by atoms with van der Waals surface area (Å²) in [4.78, 5) is 11.9. The smallest absolute Gasteiger partial charge is 0.323 e. The summed E-state index contributed by atoms with van der Waals surface area (Å²) in [7, 11) is 1.55. The number of anilines is 1. The monoisotopic (exact) mass is 294 g/mol. The number of benzene rings is 1. The predicted octanol–water partition coefficient (Wildman–Crippen LogP) is 4.32. The zero-order chi connectivity index (χ0) is 14.4. The number of carbonyl (C=O) groups is 1. The topological polar surface area (TPSA) is 50.4 Å². The van der Waals surface area contributed by atoms with E-state index in [-0.39, 0.29) is 6.03 Å².